The van der Waals surface area contributed by atoms with E-state index in [0.29, 0.717) is 0 Å². The summed E-state index contributed by atoms with van der Waals surface area (Å²) in [4.78, 5) is 10.3. The van der Waals surface area contributed by atoms with Crippen LogP contribution >= 0.6 is 15.9 Å². The summed E-state index contributed by atoms with van der Waals surface area (Å²) in [5.74, 6) is -0.418. The maximum Gasteiger partial charge on any atom is 0.324 e. The van der Waals surface area contributed by atoms with E-state index in [4.69, 9.17) is 9.47 Å². The fraction of sp³-hybridized carbons (Fsp3) is 0.833. The van der Waals surface area contributed by atoms with Gasteiger partial charge in [-0.1, -0.05) is 15.9 Å². The van der Waals surface area contributed by atoms with Crippen LogP contribution in [0.1, 0.15) is 0 Å². The highest BCUT2D eigenvalue weighted by Gasteiger charge is 2.25. The summed E-state index contributed by atoms with van der Waals surface area (Å²) in [6, 6.07) is 0. The van der Waals surface area contributed by atoms with Crippen LogP contribution in [0.2, 0.25) is 0 Å². The highest BCUT2D eigenvalue weighted by Crippen LogP contribution is 2.10. The number of carbonyl (C=O) groups is 1. The third-order valence-corrected chi connectivity index (χ3v) is 1.94. The molecular weight excluding hydrogens is 216 g/mol. The molecule has 5 heteroatoms. The van der Waals surface area contributed by atoms with Crippen molar-refractivity contribution in [3.63, 3.8) is 0 Å². The van der Waals surface area contributed by atoms with Gasteiger partial charge in [-0.25, -0.2) is 0 Å². The Morgan fingerprint density at radius 2 is 1.73 bits per heavy atom. The minimum Gasteiger partial charge on any atom is -0.468 e. The van der Waals surface area contributed by atoms with Crippen LogP contribution in [0.3, 0.4) is 0 Å². The van der Waals surface area contributed by atoms with Crippen LogP contribution in [-0.4, -0.2) is 38.4 Å². The fourth-order valence-corrected chi connectivity index (χ4v) is 1.18. The molecule has 0 spiro atoms. The minimum atomic E-state index is -0.609. The van der Waals surface area contributed by atoms with Crippen molar-refractivity contribution < 1.29 is 19.0 Å². The Morgan fingerprint density at radius 1 is 1.27 bits per heavy atom. The van der Waals surface area contributed by atoms with E-state index in [2.05, 4.69) is 20.7 Å². The Hall–Kier alpha value is -0.130. The van der Waals surface area contributed by atoms with Gasteiger partial charge in [0.2, 0.25) is 0 Å². The first-order valence-electron chi connectivity index (χ1n) is 2.94. The Morgan fingerprint density at radius 3 is 2.00 bits per heavy atom. The lowest BCUT2D eigenvalue weighted by atomic mass is 10.4. The van der Waals surface area contributed by atoms with Gasteiger partial charge in [-0.15, -0.1) is 0 Å². The molecule has 0 fully saturated rings. The molecule has 11 heavy (non-hydrogen) atoms. The molecule has 0 aromatic heterocycles. The van der Waals surface area contributed by atoms with Gasteiger partial charge in [0.25, 0.3) is 0 Å². The van der Waals surface area contributed by atoms with E-state index in [-0.39, 0.29) is 0 Å². The zero-order valence-electron chi connectivity index (χ0n) is 6.67. The number of esters is 1. The lowest BCUT2D eigenvalue weighted by molar-refractivity contribution is -0.153. The van der Waals surface area contributed by atoms with Gasteiger partial charge in [-0.05, 0) is 0 Å². The number of hydrogen-bond acceptors (Lipinski definition) is 4. The van der Waals surface area contributed by atoms with E-state index in [0.717, 1.165) is 0 Å². The molecule has 0 aromatic carbocycles. The molecule has 0 aliphatic carbocycles. The Labute approximate surface area is 73.9 Å². The zero-order valence-corrected chi connectivity index (χ0v) is 8.25. The third-order valence-electron chi connectivity index (χ3n) is 1.13. The first-order valence-corrected chi connectivity index (χ1v) is 3.86. The average Bonchev–Trinajstić information content (AvgIpc) is 2.05. The van der Waals surface area contributed by atoms with Gasteiger partial charge in [0.05, 0.1) is 7.11 Å². The van der Waals surface area contributed by atoms with Crippen LogP contribution in [0, 0.1) is 0 Å². The molecule has 66 valence electrons. The molecule has 0 aliphatic rings. The fourth-order valence-electron chi connectivity index (χ4n) is 0.559. The maximum absolute atomic E-state index is 10.8. The molecule has 0 bridgehead atoms. The van der Waals surface area contributed by atoms with Gasteiger partial charge < -0.3 is 14.2 Å². The Kier molecular flexibility index (Phi) is 5.45. The molecule has 1 atom stereocenters. The number of methoxy groups -OCH3 is 3. The van der Waals surface area contributed by atoms with Gasteiger partial charge in [-0.3, -0.25) is 4.79 Å². The number of ether oxygens (including phenoxy) is 3. The van der Waals surface area contributed by atoms with Crippen molar-refractivity contribution >= 4 is 21.9 Å². The van der Waals surface area contributed by atoms with Crippen LogP contribution in [0.15, 0.2) is 0 Å². The van der Waals surface area contributed by atoms with Gasteiger partial charge in [0, 0.05) is 14.2 Å². The molecule has 4 nitrogen and oxygen atoms in total. The monoisotopic (exact) mass is 226 g/mol. The zero-order chi connectivity index (χ0) is 8.85. The van der Waals surface area contributed by atoms with E-state index in [9.17, 15) is 4.79 Å². The normalized spacial score (nSPS) is 13.2. The predicted octanol–water partition coefficient (Wildman–Crippen LogP) is 0.542. The van der Waals surface area contributed by atoms with Gasteiger partial charge in [-0.2, -0.15) is 0 Å². The molecule has 0 aliphatic heterocycles. The average molecular weight is 227 g/mol. The van der Waals surface area contributed by atoms with Crippen LogP contribution in [-0.2, 0) is 19.0 Å². The Balaban J connectivity index is 3.97. The van der Waals surface area contributed by atoms with Gasteiger partial charge in [0.1, 0.15) is 0 Å². The standard InChI is InChI=1S/C6H11BrO4/c1-9-5(8)4(7)6(10-2)11-3/h4,6H,1-3H3/t4-/m1/s1. The number of rotatable bonds is 4. The second-order valence-corrected chi connectivity index (χ2v) is 2.75. The predicted molar refractivity (Wildman–Crippen MR) is 42.5 cm³/mol. The molecule has 0 amide bonds. The topological polar surface area (TPSA) is 44.8 Å². The smallest absolute Gasteiger partial charge is 0.324 e. The first-order chi connectivity index (χ1) is 5.17. The number of carbonyl (C=O) groups excluding carboxylic acids is 1. The van der Waals surface area contributed by atoms with Crippen molar-refractivity contribution in [2.24, 2.45) is 0 Å². The number of halogens is 1. The number of alkyl halides is 1. The highest BCUT2D eigenvalue weighted by atomic mass is 79.9. The summed E-state index contributed by atoms with van der Waals surface area (Å²) in [7, 11) is 4.20. The molecule has 0 N–H and O–H groups in total. The summed E-state index contributed by atoms with van der Waals surface area (Å²) in [5, 5.41) is 0. The molecule has 0 unspecified atom stereocenters. The molecule has 0 radical (unpaired) electrons. The third kappa shape index (κ3) is 3.18. The summed E-state index contributed by atoms with van der Waals surface area (Å²) in [6.07, 6.45) is -0.609. The van der Waals surface area contributed by atoms with Gasteiger partial charge >= 0.3 is 5.97 Å². The Bertz CT molecular complexity index is 124. The van der Waals surface area contributed by atoms with E-state index in [1.54, 1.807) is 0 Å². The van der Waals surface area contributed by atoms with E-state index in [1.807, 2.05) is 0 Å². The minimum absolute atomic E-state index is 0.418. The molecule has 0 rings (SSSR count). The number of hydrogen-bond donors (Lipinski definition) is 0. The lowest BCUT2D eigenvalue weighted by Gasteiger charge is -2.16. The molecule has 0 saturated carbocycles. The van der Waals surface area contributed by atoms with Gasteiger partial charge in [0.15, 0.2) is 11.1 Å². The van der Waals surface area contributed by atoms with E-state index >= 15 is 0 Å². The van der Waals surface area contributed by atoms with E-state index < -0.39 is 17.1 Å². The maximum atomic E-state index is 10.8. The van der Waals surface area contributed by atoms with Crippen molar-refractivity contribution in [1.29, 1.82) is 0 Å². The first kappa shape index (κ1) is 10.9. The second-order valence-electron chi connectivity index (χ2n) is 1.76. The second kappa shape index (κ2) is 5.51. The van der Waals surface area contributed by atoms with Crippen molar-refractivity contribution in [3.8, 4) is 0 Å². The summed E-state index contributed by atoms with van der Waals surface area (Å²) in [5.41, 5.74) is 0. The molecular formula is C6H11BrO4. The largest absolute Gasteiger partial charge is 0.468 e. The van der Waals surface area contributed by atoms with Crippen LogP contribution in [0.25, 0.3) is 0 Å². The van der Waals surface area contributed by atoms with Crippen LogP contribution in [0.5, 0.6) is 0 Å². The molecule has 0 aromatic rings. The summed E-state index contributed by atoms with van der Waals surface area (Å²) >= 11 is 3.07. The van der Waals surface area contributed by atoms with Crippen LogP contribution < -0.4 is 0 Å². The molecule has 0 heterocycles. The molecule has 0 saturated heterocycles. The summed E-state index contributed by atoms with van der Waals surface area (Å²) < 4.78 is 14.1. The van der Waals surface area contributed by atoms with E-state index in [1.165, 1.54) is 21.3 Å². The highest BCUT2D eigenvalue weighted by molar-refractivity contribution is 9.10. The summed E-state index contributed by atoms with van der Waals surface area (Å²) in [6.45, 7) is 0. The lowest BCUT2D eigenvalue weighted by Crippen LogP contribution is -2.32. The quantitative estimate of drug-likeness (QED) is 0.399. The van der Waals surface area contributed by atoms with Crippen molar-refractivity contribution in [3.05, 3.63) is 0 Å². The SMILES string of the molecule is COC(=O)[C@@H](Br)C(OC)OC. The van der Waals surface area contributed by atoms with Crippen molar-refractivity contribution in [2.75, 3.05) is 21.3 Å². The van der Waals surface area contributed by atoms with Crippen molar-refractivity contribution in [1.82, 2.24) is 0 Å². The van der Waals surface area contributed by atoms with Crippen LogP contribution in [0.4, 0.5) is 0 Å². The van der Waals surface area contributed by atoms with Crippen molar-refractivity contribution in [2.45, 2.75) is 11.1 Å².